The first-order valence-corrected chi connectivity index (χ1v) is 9.85. The van der Waals surface area contributed by atoms with Crippen LogP contribution in [-0.4, -0.2) is 30.0 Å². The van der Waals surface area contributed by atoms with Gasteiger partial charge >= 0.3 is 11.9 Å². The van der Waals surface area contributed by atoms with Crippen molar-refractivity contribution in [1.82, 2.24) is 19.4 Å². The summed E-state index contributed by atoms with van der Waals surface area (Å²) in [7, 11) is 0. The summed E-state index contributed by atoms with van der Waals surface area (Å²) in [6.45, 7) is 5.48. The van der Waals surface area contributed by atoms with Crippen molar-refractivity contribution >= 4 is 40.6 Å². The number of benzene rings is 1. The van der Waals surface area contributed by atoms with Crippen LogP contribution in [0.25, 0.3) is 5.65 Å². The highest BCUT2D eigenvalue weighted by molar-refractivity contribution is 8.00. The Balaban J connectivity index is 1.82. The van der Waals surface area contributed by atoms with Crippen LogP contribution in [0.5, 0.6) is 0 Å². The van der Waals surface area contributed by atoms with E-state index in [1.165, 1.54) is 11.8 Å². The number of aromatic nitrogens is 4. The normalized spacial score (nSPS) is 12.4. The van der Waals surface area contributed by atoms with E-state index in [9.17, 15) is 22.8 Å². The van der Waals surface area contributed by atoms with Gasteiger partial charge in [-0.25, -0.2) is 9.48 Å². The van der Waals surface area contributed by atoms with Gasteiger partial charge in [-0.3, -0.25) is 4.79 Å². The number of fused-ring (bicyclic) bond motifs is 1. The van der Waals surface area contributed by atoms with E-state index in [0.717, 1.165) is 27.4 Å². The second-order valence-corrected chi connectivity index (χ2v) is 9.59. The molecule has 0 saturated heterocycles. The maximum absolute atomic E-state index is 12.9. The van der Waals surface area contributed by atoms with E-state index >= 15 is 0 Å². The van der Waals surface area contributed by atoms with Crippen molar-refractivity contribution in [3.05, 3.63) is 51.4 Å². The number of anilines is 1. The van der Waals surface area contributed by atoms with Crippen LogP contribution < -0.4 is 11.0 Å². The lowest BCUT2D eigenvalue weighted by Crippen LogP contribution is -2.29. The fraction of sp³-hybridized carbons (Fsp3) is 0.333. The summed E-state index contributed by atoms with van der Waals surface area (Å²) in [5.74, 6) is -0.758. The van der Waals surface area contributed by atoms with E-state index in [2.05, 4.69) is 15.5 Å². The van der Waals surface area contributed by atoms with Gasteiger partial charge in [-0.2, -0.15) is 22.8 Å². The van der Waals surface area contributed by atoms with Gasteiger partial charge in [-0.05, 0) is 30.3 Å². The van der Waals surface area contributed by atoms with E-state index in [4.69, 9.17) is 11.6 Å². The first-order valence-electron chi connectivity index (χ1n) is 8.66. The molecule has 12 heteroatoms. The number of hydrogen-bond donors (Lipinski definition) is 1. The summed E-state index contributed by atoms with van der Waals surface area (Å²) in [5, 5.41) is 11.1. The Hall–Kier alpha value is -2.53. The molecule has 0 aliphatic carbocycles. The van der Waals surface area contributed by atoms with Crippen molar-refractivity contribution in [3.63, 3.8) is 0 Å². The van der Waals surface area contributed by atoms with Crippen LogP contribution in [0.2, 0.25) is 5.02 Å². The maximum Gasteiger partial charge on any atom is 0.416 e. The molecule has 7 nitrogen and oxygen atoms in total. The van der Waals surface area contributed by atoms with Crippen molar-refractivity contribution in [1.29, 1.82) is 0 Å². The molecule has 1 N–H and O–H groups in total. The molecule has 1 amide bonds. The van der Waals surface area contributed by atoms with Gasteiger partial charge in [0.05, 0.1) is 16.3 Å². The third-order valence-electron chi connectivity index (χ3n) is 3.69. The van der Waals surface area contributed by atoms with Crippen molar-refractivity contribution in [2.75, 3.05) is 5.32 Å². The summed E-state index contributed by atoms with van der Waals surface area (Å²) in [6, 6.07) is 5.88. The topological polar surface area (TPSA) is 81.3 Å². The van der Waals surface area contributed by atoms with Gasteiger partial charge in [-0.1, -0.05) is 44.1 Å². The SMILES string of the molecule is CC(C)(C)Sc1ccc2nn(CC(=O)Nc3cc(C(F)(F)F)ccc3Cl)c(=O)n2n1. The molecule has 2 heterocycles. The predicted octanol–water partition coefficient (Wildman–Crippen LogP) is 4.09. The number of thioether (sulfide) groups is 1. The van der Waals surface area contributed by atoms with Gasteiger partial charge < -0.3 is 5.32 Å². The minimum atomic E-state index is -4.59. The highest BCUT2D eigenvalue weighted by Crippen LogP contribution is 2.34. The van der Waals surface area contributed by atoms with Gasteiger partial charge in [0.1, 0.15) is 11.6 Å². The Morgan fingerprint density at radius 2 is 1.87 bits per heavy atom. The lowest BCUT2D eigenvalue weighted by atomic mass is 10.2. The number of hydrogen-bond acceptors (Lipinski definition) is 5. The highest BCUT2D eigenvalue weighted by atomic mass is 35.5. The highest BCUT2D eigenvalue weighted by Gasteiger charge is 2.31. The molecule has 3 aromatic rings. The zero-order valence-corrected chi connectivity index (χ0v) is 17.7. The Kier molecular flexibility index (Phi) is 5.87. The first kappa shape index (κ1) is 22.2. The standard InChI is InChI=1S/C18H17ClF3N5O2S/c1-17(2,3)30-15-7-6-13-24-26(16(29)27(13)25-15)9-14(28)23-12-8-10(18(20,21)22)4-5-11(12)19/h4-8H,9H2,1-3H3,(H,23,28). The monoisotopic (exact) mass is 459 g/mol. The molecule has 0 spiro atoms. The van der Waals surface area contributed by atoms with Gasteiger partial charge in [-0.15, -0.1) is 5.10 Å². The molecule has 0 aliphatic heterocycles. The first-order chi connectivity index (χ1) is 13.8. The van der Waals surface area contributed by atoms with Crippen molar-refractivity contribution in [2.45, 2.75) is 43.3 Å². The van der Waals surface area contributed by atoms with Gasteiger partial charge in [0.25, 0.3) is 0 Å². The molecule has 0 bridgehead atoms. The predicted molar refractivity (Wildman–Crippen MR) is 108 cm³/mol. The van der Waals surface area contributed by atoms with Gasteiger partial charge in [0.2, 0.25) is 5.91 Å². The average molecular weight is 460 g/mol. The molecule has 0 saturated carbocycles. The van der Waals surface area contributed by atoms with Crippen molar-refractivity contribution in [2.24, 2.45) is 0 Å². The minimum absolute atomic E-state index is 0.0655. The summed E-state index contributed by atoms with van der Waals surface area (Å²) < 4.78 is 40.4. The third kappa shape index (κ3) is 5.14. The van der Waals surface area contributed by atoms with Crippen molar-refractivity contribution < 1.29 is 18.0 Å². The third-order valence-corrected chi connectivity index (χ3v) is 5.06. The molecule has 0 radical (unpaired) electrons. The fourth-order valence-electron chi connectivity index (χ4n) is 2.49. The molecular weight excluding hydrogens is 443 g/mol. The molecule has 3 rings (SSSR count). The Morgan fingerprint density at radius 1 is 1.17 bits per heavy atom. The molecular formula is C18H17ClF3N5O2S. The quantitative estimate of drug-likeness (QED) is 0.594. The number of carbonyl (C=O) groups is 1. The zero-order valence-electron chi connectivity index (χ0n) is 16.1. The minimum Gasteiger partial charge on any atom is -0.323 e. The summed E-state index contributed by atoms with van der Waals surface area (Å²) in [5.41, 5.74) is -1.58. The Bertz CT molecular complexity index is 1170. The number of nitrogens with zero attached hydrogens (tertiary/aromatic N) is 4. The maximum atomic E-state index is 12.9. The molecule has 0 atom stereocenters. The number of amides is 1. The second-order valence-electron chi connectivity index (χ2n) is 7.34. The zero-order chi connectivity index (χ0) is 22.3. The van der Waals surface area contributed by atoms with Crippen LogP contribution in [0.3, 0.4) is 0 Å². The fourth-order valence-corrected chi connectivity index (χ4v) is 3.54. The van der Waals surface area contributed by atoms with E-state index in [1.54, 1.807) is 12.1 Å². The lowest BCUT2D eigenvalue weighted by Gasteiger charge is -2.16. The van der Waals surface area contributed by atoms with Crippen LogP contribution in [0, 0.1) is 0 Å². The Morgan fingerprint density at radius 3 is 2.50 bits per heavy atom. The molecule has 160 valence electrons. The molecule has 1 aromatic carbocycles. The van der Waals surface area contributed by atoms with Gasteiger partial charge in [0.15, 0.2) is 5.65 Å². The van der Waals surface area contributed by atoms with Gasteiger partial charge in [0, 0.05) is 4.75 Å². The van der Waals surface area contributed by atoms with Crippen LogP contribution in [0.15, 0.2) is 40.2 Å². The summed E-state index contributed by atoms with van der Waals surface area (Å²) in [4.78, 5) is 24.8. The second kappa shape index (κ2) is 7.95. The number of carbonyl (C=O) groups excluding carboxylic acids is 1. The van der Waals surface area contributed by atoms with E-state index in [0.29, 0.717) is 5.03 Å². The lowest BCUT2D eigenvalue weighted by molar-refractivity contribution is -0.137. The van der Waals surface area contributed by atoms with E-state index < -0.39 is 29.9 Å². The number of halogens is 4. The Labute approximate surface area is 178 Å². The summed E-state index contributed by atoms with van der Waals surface area (Å²) in [6.07, 6.45) is -4.59. The number of rotatable bonds is 4. The molecule has 0 fully saturated rings. The average Bonchev–Trinajstić information content (AvgIpc) is 2.90. The number of alkyl halides is 3. The molecule has 0 aliphatic rings. The summed E-state index contributed by atoms with van der Waals surface area (Å²) >= 11 is 7.34. The van der Waals surface area contributed by atoms with Crippen LogP contribution in [0.1, 0.15) is 26.3 Å². The van der Waals surface area contributed by atoms with E-state index in [1.807, 2.05) is 20.8 Å². The van der Waals surface area contributed by atoms with E-state index in [-0.39, 0.29) is 21.1 Å². The molecule has 0 unspecified atom stereocenters. The molecule has 2 aromatic heterocycles. The van der Waals surface area contributed by atoms with Crippen molar-refractivity contribution in [3.8, 4) is 0 Å². The largest absolute Gasteiger partial charge is 0.416 e. The van der Waals surface area contributed by atoms with Crippen LogP contribution in [-0.2, 0) is 17.5 Å². The number of nitrogens with one attached hydrogen (secondary N) is 1. The smallest absolute Gasteiger partial charge is 0.323 e. The van der Waals surface area contributed by atoms with Crippen LogP contribution in [0.4, 0.5) is 18.9 Å². The molecule has 30 heavy (non-hydrogen) atoms. The van der Waals surface area contributed by atoms with Crippen LogP contribution >= 0.6 is 23.4 Å².